The third-order valence-electron chi connectivity index (χ3n) is 7.66. The first-order valence-corrected chi connectivity index (χ1v) is 11.4. The van der Waals surface area contributed by atoms with Crippen molar-refractivity contribution >= 4 is 23.4 Å². The smallest absolute Gasteiger partial charge is 0.309 e. The highest BCUT2D eigenvalue weighted by atomic mass is 16.2. The van der Waals surface area contributed by atoms with Crippen LogP contribution in [0.3, 0.4) is 0 Å². The number of rotatable bonds is 3. The van der Waals surface area contributed by atoms with E-state index in [2.05, 4.69) is 41.6 Å². The van der Waals surface area contributed by atoms with E-state index in [1.54, 1.807) is 4.90 Å². The molecule has 172 valence electrons. The van der Waals surface area contributed by atoms with Gasteiger partial charge >= 0.3 is 6.03 Å². The van der Waals surface area contributed by atoms with Crippen LogP contribution in [-0.2, 0) is 16.9 Å². The monoisotopic (exact) mass is 437 g/mol. The number of fused-ring (bicyclic) bond motifs is 1. The van der Waals surface area contributed by atoms with Crippen molar-refractivity contribution in [2.45, 2.75) is 79.8 Å². The number of H-pyrrole nitrogens is 1. The first-order valence-electron chi connectivity index (χ1n) is 11.4. The first-order chi connectivity index (χ1) is 14.9. The Morgan fingerprint density at radius 2 is 1.81 bits per heavy atom. The van der Waals surface area contributed by atoms with Crippen LogP contribution in [0.25, 0.3) is 0 Å². The molecule has 0 unspecified atom stereocenters. The van der Waals surface area contributed by atoms with Crippen LogP contribution in [0.15, 0.2) is 18.2 Å². The maximum atomic E-state index is 13.3. The van der Waals surface area contributed by atoms with Crippen molar-refractivity contribution < 1.29 is 9.59 Å². The second-order valence-corrected chi connectivity index (χ2v) is 11.0. The number of benzene rings is 1. The van der Waals surface area contributed by atoms with Gasteiger partial charge < -0.3 is 15.5 Å². The molecular weight excluding hydrogens is 402 g/mol. The zero-order valence-electron chi connectivity index (χ0n) is 20.3. The van der Waals surface area contributed by atoms with E-state index in [0.717, 1.165) is 47.3 Å². The number of aromatic nitrogens is 2. The number of hydrogen-bond acceptors (Lipinski definition) is 3. The number of carbonyl (C=O) groups excluding carboxylic acids is 2. The molecule has 4 rings (SSSR count). The normalized spacial score (nSPS) is 18.7. The summed E-state index contributed by atoms with van der Waals surface area (Å²) in [5.41, 5.74) is 3.59. The van der Waals surface area contributed by atoms with Gasteiger partial charge in [0.1, 0.15) is 0 Å². The van der Waals surface area contributed by atoms with Gasteiger partial charge in [0.15, 0.2) is 5.82 Å². The van der Waals surface area contributed by atoms with Crippen LogP contribution in [0.4, 0.5) is 16.3 Å². The van der Waals surface area contributed by atoms with Gasteiger partial charge in [-0.2, -0.15) is 5.10 Å². The van der Waals surface area contributed by atoms with E-state index >= 15 is 0 Å². The summed E-state index contributed by atoms with van der Waals surface area (Å²) in [5, 5.41) is 13.7. The molecule has 3 N–H and O–H groups in total. The Kier molecular flexibility index (Phi) is 5.14. The summed E-state index contributed by atoms with van der Waals surface area (Å²) in [5.74, 6) is 0.567. The van der Waals surface area contributed by atoms with Gasteiger partial charge in [-0.3, -0.25) is 9.89 Å². The molecule has 0 bridgehead atoms. The molecule has 1 aromatic carbocycles. The van der Waals surface area contributed by atoms with Crippen molar-refractivity contribution in [3.05, 3.63) is 40.6 Å². The van der Waals surface area contributed by atoms with E-state index < -0.39 is 5.54 Å². The minimum absolute atomic E-state index is 0.0293. The average Bonchev–Trinajstić information content (AvgIpc) is 3.14. The third kappa shape index (κ3) is 3.38. The molecule has 3 amide bonds. The molecule has 2 aliphatic rings. The largest absolute Gasteiger partial charge is 0.322 e. The van der Waals surface area contributed by atoms with Gasteiger partial charge in [0.2, 0.25) is 5.91 Å². The summed E-state index contributed by atoms with van der Waals surface area (Å²) in [4.78, 5) is 28.3. The maximum absolute atomic E-state index is 13.3. The summed E-state index contributed by atoms with van der Waals surface area (Å²) in [6.07, 6.45) is 2.86. The van der Waals surface area contributed by atoms with Crippen molar-refractivity contribution in [3.8, 4) is 0 Å². The lowest BCUT2D eigenvalue weighted by molar-refractivity contribution is -0.139. The predicted molar refractivity (Wildman–Crippen MR) is 126 cm³/mol. The van der Waals surface area contributed by atoms with Gasteiger partial charge in [0, 0.05) is 11.3 Å². The van der Waals surface area contributed by atoms with Crippen LogP contribution < -0.4 is 10.6 Å². The lowest BCUT2D eigenvalue weighted by atomic mass is 9.54. The van der Waals surface area contributed by atoms with Crippen LogP contribution in [-0.4, -0.2) is 27.0 Å². The van der Waals surface area contributed by atoms with Crippen molar-refractivity contribution in [2.24, 2.45) is 10.8 Å². The van der Waals surface area contributed by atoms with Gasteiger partial charge in [-0.05, 0) is 63.1 Å². The van der Waals surface area contributed by atoms with E-state index in [9.17, 15) is 9.59 Å². The van der Waals surface area contributed by atoms with Crippen molar-refractivity contribution in [1.82, 2.24) is 15.1 Å². The minimum atomic E-state index is -0.578. The van der Waals surface area contributed by atoms with Gasteiger partial charge in [-0.15, -0.1) is 0 Å². The molecule has 1 aromatic heterocycles. The Labute approximate surface area is 190 Å². The Bertz CT molecular complexity index is 1070. The van der Waals surface area contributed by atoms with E-state index in [0.29, 0.717) is 12.4 Å². The summed E-state index contributed by atoms with van der Waals surface area (Å²) < 4.78 is 0. The molecule has 2 aromatic rings. The number of anilines is 2. The average molecular weight is 438 g/mol. The van der Waals surface area contributed by atoms with Crippen LogP contribution in [0, 0.1) is 24.7 Å². The fourth-order valence-electron chi connectivity index (χ4n) is 5.07. The number of urea groups is 1. The zero-order chi connectivity index (χ0) is 23.5. The molecule has 2 heterocycles. The molecule has 1 aliphatic heterocycles. The molecule has 7 nitrogen and oxygen atoms in total. The van der Waals surface area contributed by atoms with Crippen LogP contribution in [0.5, 0.6) is 0 Å². The molecule has 0 atom stereocenters. The third-order valence-corrected chi connectivity index (χ3v) is 7.66. The molecule has 32 heavy (non-hydrogen) atoms. The number of amides is 3. The van der Waals surface area contributed by atoms with Gasteiger partial charge in [-0.25, -0.2) is 4.79 Å². The number of hydrogen-bond donors (Lipinski definition) is 3. The quantitative estimate of drug-likeness (QED) is 0.595. The molecule has 0 radical (unpaired) electrons. The van der Waals surface area contributed by atoms with Crippen molar-refractivity contribution in [3.63, 3.8) is 0 Å². The van der Waals surface area contributed by atoms with Crippen molar-refractivity contribution in [1.29, 1.82) is 0 Å². The fraction of sp³-hybridized carbons (Fsp3) is 0.560. The summed E-state index contributed by atoms with van der Waals surface area (Å²) in [6, 6.07) is 5.84. The molecule has 0 spiro atoms. The Morgan fingerprint density at radius 1 is 1.12 bits per heavy atom. The first kappa shape index (κ1) is 22.4. The Hall–Kier alpha value is -2.83. The second kappa shape index (κ2) is 7.36. The number of carbonyl (C=O) groups is 2. The summed E-state index contributed by atoms with van der Waals surface area (Å²) >= 11 is 0. The van der Waals surface area contributed by atoms with Gasteiger partial charge in [0.05, 0.1) is 23.2 Å². The highest BCUT2D eigenvalue weighted by Crippen LogP contribution is 2.54. The minimum Gasteiger partial charge on any atom is -0.309 e. The molecule has 0 saturated heterocycles. The Balaban J connectivity index is 1.55. The molecule has 1 aliphatic carbocycles. The van der Waals surface area contributed by atoms with E-state index in [1.165, 1.54) is 0 Å². The Morgan fingerprint density at radius 3 is 2.41 bits per heavy atom. The van der Waals surface area contributed by atoms with E-state index in [4.69, 9.17) is 0 Å². The fourth-order valence-corrected chi connectivity index (χ4v) is 5.07. The summed E-state index contributed by atoms with van der Waals surface area (Å²) in [6.45, 7) is 14.7. The lowest BCUT2D eigenvalue weighted by Crippen LogP contribution is -2.51. The highest BCUT2D eigenvalue weighted by molar-refractivity contribution is 5.97. The van der Waals surface area contributed by atoms with Gasteiger partial charge in [0.25, 0.3) is 0 Å². The standard InChI is InChI=1S/C25H35N5O2/c1-15-9-10-16(2)18(13-15)26-22(32)30-14-17-19(24(30,6)7)28-29-20(17)27-21(31)25(11-8-12-25)23(3,4)5/h9-10,13H,8,11-12,14H2,1-7H3,(H,26,32)(H2,27,28,29,31). The number of aromatic amines is 1. The molecule has 1 fully saturated rings. The van der Waals surface area contributed by atoms with Crippen molar-refractivity contribution in [2.75, 3.05) is 10.6 Å². The molecular formula is C25H35N5O2. The zero-order valence-corrected chi connectivity index (χ0v) is 20.3. The highest BCUT2D eigenvalue weighted by Gasteiger charge is 2.53. The predicted octanol–water partition coefficient (Wildman–Crippen LogP) is 5.46. The van der Waals surface area contributed by atoms with Crippen LogP contribution in [0.2, 0.25) is 0 Å². The number of aryl methyl sites for hydroxylation is 2. The molecule has 1 saturated carbocycles. The molecule has 7 heteroatoms. The van der Waals surface area contributed by atoms with E-state index in [1.807, 2.05) is 45.9 Å². The summed E-state index contributed by atoms with van der Waals surface area (Å²) in [7, 11) is 0. The van der Waals surface area contributed by atoms with Gasteiger partial charge in [-0.1, -0.05) is 39.3 Å². The number of nitrogens with zero attached hydrogens (tertiary/aromatic N) is 2. The maximum Gasteiger partial charge on any atom is 0.322 e. The van der Waals surface area contributed by atoms with Crippen LogP contribution in [0.1, 0.15) is 76.3 Å². The second-order valence-electron chi connectivity index (χ2n) is 11.0. The van der Waals surface area contributed by atoms with E-state index in [-0.39, 0.29) is 22.8 Å². The SMILES string of the molecule is Cc1ccc(C)c(NC(=O)N2Cc3c(NC(=O)C4(C(C)(C)C)CCC4)n[nH]c3C2(C)C)c1. The van der Waals surface area contributed by atoms with Crippen LogP contribution >= 0.6 is 0 Å². The lowest BCUT2D eigenvalue weighted by Gasteiger charge is -2.49. The topological polar surface area (TPSA) is 90.1 Å². The number of nitrogens with one attached hydrogen (secondary N) is 3.